The number of amides is 1. The Morgan fingerprint density at radius 3 is 2.47 bits per heavy atom. The predicted octanol–water partition coefficient (Wildman–Crippen LogP) is 3.65. The Bertz CT molecular complexity index is 1130. The Kier molecular flexibility index (Phi) is 5.03. The molecule has 1 amide bonds. The lowest BCUT2D eigenvalue weighted by Crippen LogP contribution is -2.25. The lowest BCUT2D eigenvalue weighted by Gasteiger charge is -2.26. The van der Waals surface area contributed by atoms with Gasteiger partial charge in [0.2, 0.25) is 11.7 Å². The van der Waals surface area contributed by atoms with E-state index in [1.165, 1.54) is 32.1 Å². The summed E-state index contributed by atoms with van der Waals surface area (Å²) < 4.78 is 45.2. The predicted molar refractivity (Wildman–Crippen MR) is 105 cm³/mol. The normalized spacial score (nSPS) is 15.4. The van der Waals surface area contributed by atoms with Crippen LogP contribution in [0, 0.1) is 11.6 Å². The van der Waals surface area contributed by atoms with Gasteiger partial charge in [-0.05, 0) is 18.2 Å². The van der Waals surface area contributed by atoms with E-state index in [2.05, 4.69) is 10.4 Å². The number of rotatable bonds is 5. The average Bonchev–Trinajstić information content (AvgIpc) is 3.15. The largest absolute Gasteiger partial charge is 0.493 e. The van der Waals surface area contributed by atoms with Gasteiger partial charge in [-0.3, -0.25) is 4.79 Å². The number of hydrogen-bond acceptors (Lipinski definition) is 5. The van der Waals surface area contributed by atoms with Gasteiger partial charge in [0.15, 0.2) is 17.3 Å². The van der Waals surface area contributed by atoms with Crippen LogP contribution in [0.5, 0.6) is 17.2 Å². The number of carbonyl (C=O) groups excluding carboxylic acids is 1. The van der Waals surface area contributed by atoms with Crippen LogP contribution in [0.3, 0.4) is 0 Å². The van der Waals surface area contributed by atoms with Crippen molar-refractivity contribution in [1.29, 1.82) is 0 Å². The van der Waals surface area contributed by atoms with Crippen molar-refractivity contribution >= 4 is 11.7 Å². The molecule has 156 valence electrons. The van der Waals surface area contributed by atoms with E-state index in [4.69, 9.17) is 14.2 Å². The third-order valence-corrected chi connectivity index (χ3v) is 5.07. The van der Waals surface area contributed by atoms with Crippen molar-refractivity contribution in [2.75, 3.05) is 26.6 Å². The van der Waals surface area contributed by atoms with Gasteiger partial charge in [-0.2, -0.15) is 5.10 Å². The summed E-state index contributed by atoms with van der Waals surface area (Å²) in [4.78, 5) is 12.5. The van der Waals surface area contributed by atoms with Crippen molar-refractivity contribution < 1.29 is 27.8 Å². The first kappa shape index (κ1) is 19.7. The fraction of sp³-hybridized carbons (Fsp3) is 0.238. The number of fused-ring (bicyclic) bond motifs is 1. The Morgan fingerprint density at radius 1 is 1.03 bits per heavy atom. The molecule has 0 saturated carbocycles. The summed E-state index contributed by atoms with van der Waals surface area (Å²) in [6.45, 7) is 0. The highest BCUT2D eigenvalue weighted by molar-refractivity contribution is 5.95. The monoisotopic (exact) mass is 415 g/mol. The van der Waals surface area contributed by atoms with Gasteiger partial charge in [-0.25, -0.2) is 13.5 Å². The van der Waals surface area contributed by atoms with Crippen LogP contribution in [0.4, 0.5) is 14.6 Å². The molecular weight excluding hydrogens is 396 g/mol. The maximum Gasteiger partial charge on any atom is 0.226 e. The van der Waals surface area contributed by atoms with E-state index in [9.17, 15) is 13.6 Å². The van der Waals surface area contributed by atoms with Crippen molar-refractivity contribution in [2.45, 2.75) is 12.3 Å². The lowest BCUT2D eigenvalue weighted by atomic mass is 9.86. The molecule has 2 aromatic carbocycles. The van der Waals surface area contributed by atoms with Gasteiger partial charge in [0.1, 0.15) is 17.3 Å². The molecule has 0 bridgehead atoms. The number of benzene rings is 2. The molecule has 1 atom stereocenters. The molecule has 0 fully saturated rings. The number of nitrogens with one attached hydrogen (secondary N) is 1. The molecule has 7 nitrogen and oxygen atoms in total. The van der Waals surface area contributed by atoms with E-state index in [-0.39, 0.29) is 18.0 Å². The summed E-state index contributed by atoms with van der Waals surface area (Å²) in [6, 6.07) is 6.69. The highest BCUT2D eigenvalue weighted by Gasteiger charge is 2.34. The maximum atomic E-state index is 14.3. The number of nitrogens with zero attached hydrogens (tertiary/aromatic N) is 2. The molecule has 30 heavy (non-hydrogen) atoms. The second-order valence-electron chi connectivity index (χ2n) is 6.68. The lowest BCUT2D eigenvalue weighted by molar-refractivity contribution is -0.116. The molecular formula is C21H19F2N3O4. The van der Waals surface area contributed by atoms with Crippen LogP contribution in [-0.4, -0.2) is 37.0 Å². The molecule has 2 heterocycles. The second kappa shape index (κ2) is 7.66. The molecule has 1 N–H and O–H groups in total. The van der Waals surface area contributed by atoms with Crippen molar-refractivity contribution in [3.8, 4) is 22.9 Å². The minimum atomic E-state index is -0.791. The Morgan fingerprint density at radius 2 is 1.80 bits per heavy atom. The fourth-order valence-corrected chi connectivity index (χ4v) is 3.73. The number of aromatic nitrogens is 2. The molecule has 4 rings (SSSR count). The number of ether oxygens (including phenoxy) is 3. The summed E-state index contributed by atoms with van der Waals surface area (Å²) in [7, 11) is 4.52. The SMILES string of the molecule is COc1ccc(C2CC(=O)Nc3c2cnn3-c2ccc(F)cc2F)c(OC)c1OC. The van der Waals surface area contributed by atoms with Crippen LogP contribution >= 0.6 is 0 Å². The fourth-order valence-electron chi connectivity index (χ4n) is 3.73. The quantitative estimate of drug-likeness (QED) is 0.689. The Hall–Kier alpha value is -3.62. The number of carbonyl (C=O) groups is 1. The van der Waals surface area contributed by atoms with Gasteiger partial charge in [0, 0.05) is 29.5 Å². The van der Waals surface area contributed by atoms with E-state index >= 15 is 0 Å². The summed E-state index contributed by atoms with van der Waals surface area (Å²) in [5, 5.41) is 6.98. The van der Waals surface area contributed by atoms with Gasteiger partial charge in [0.25, 0.3) is 0 Å². The van der Waals surface area contributed by atoms with E-state index in [0.29, 0.717) is 34.2 Å². The average molecular weight is 415 g/mol. The molecule has 9 heteroatoms. The topological polar surface area (TPSA) is 74.6 Å². The summed E-state index contributed by atoms with van der Waals surface area (Å²) in [5.41, 5.74) is 1.40. The van der Waals surface area contributed by atoms with E-state index in [0.717, 1.165) is 12.1 Å². The van der Waals surface area contributed by atoms with Crippen LogP contribution in [0.25, 0.3) is 5.69 Å². The van der Waals surface area contributed by atoms with Crippen LogP contribution in [0.1, 0.15) is 23.5 Å². The maximum absolute atomic E-state index is 14.3. The van der Waals surface area contributed by atoms with Crippen molar-refractivity contribution in [2.24, 2.45) is 0 Å². The van der Waals surface area contributed by atoms with Crippen molar-refractivity contribution in [3.63, 3.8) is 0 Å². The Labute approximate surface area is 171 Å². The zero-order chi connectivity index (χ0) is 21.4. The number of methoxy groups -OCH3 is 3. The first-order chi connectivity index (χ1) is 14.5. The first-order valence-corrected chi connectivity index (χ1v) is 9.10. The minimum absolute atomic E-state index is 0.0258. The van der Waals surface area contributed by atoms with E-state index < -0.39 is 17.6 Å². The van der Waals surface area contributed by atoms with Crippen LogP contribution in [0.15, 0.2) is 36.5 Å². The summed E-state index contributed by atoms with van der Waals surface area (Å²) in [6.07, 6.45) is 1.69. The number of hydrogen-bond donors (Lipinski definition) is 1. The van der Waals surface area contributed by atoms with Crippen LogP contribution in [-0.2, 0) is 4.79 Å². The number of anilines is 1. The van der Waals surface area contributed by atoms with Gasteiger partial charge in [0.05, 0.1) is 27.5 Å². The van der Waals surface area contributed by atoms with Crippen LogP contribution in [0.2, 0.25) is 0 Å². The third-order valence-electron chi connectivity index (χ3n) is 5.07. The molecule has 0 aliphatic carbocycles. The van der Waals surface area contributed by atoms with Crippen LogP contribution < -0.4 is 19.5 Å². The highest BCUT2D eigenvalue weighted by atomic mass is 19.1. The zero-order valence-electron chi connectivity index (χ0n) is 16.5. The molecule has 1 aromatic heterocycles. The Balaban J connectivity index is 1.87. The third kappa shape index (κ3) is 3.12. The smallest absolute Gasteiger partial charge is 0.226 e. The second-order valence-corrected chi connectivity index (χ2v) is 6.68. The molecule has 0 saturated heterocycles. The summed E-state index contributed by atoms with van der Waals surface area (Å²) in [5.74, 6) is -0.531. The first-order valence-electron chi connectivity index (χ1n) is 9.10. The van der Waals surface area contributed by atoms with Crippen molar-refractivity contribution in [3.05, 3.63) is 59.3 Å². The summed E-state index contributed by atoms with van der Waals surface area (Å²) >= 11 is 0. The van der Waals surface area contributed by atoms with Gasteiger partial charge in [-0.1, -0.05) is 6.07 Å². The molecule has 1 aliphatic heterocycles. The molecule has 0 radical (unpaired) electrons. The van der Waals surface area contributed by atoms with E-state index in [1.54, 1.807) is 18.3 Å². The van der Waals surface area contributed by atoms with Gasteiger partial charge in [-0.15, -0.1) is 0 Å². The standard InChI is InChI=1S/C21H19F2N3O4/c1-28-17-7-5-12(19(29-2)20(17)30-3)13-9-18(27)25-21-14(13)10-24-26(21)16-6-4-11(22)8-15(16)23/h4-8,10,13H,9H2,1-3H3,(H,25,27). The molecule has 0 spiro atoms. The van der Waals surface area contributed by atoms with Gasteiger partial charge < -0.3 is 19.5 Å². The van der Waals surface area contributed by atoms with Gasteiger partial charge >= 0.3 is 0 Å². The van der Waals surface area contributed by atoms with Crippen molar-refractivity contribution in [1.82, 2.24) is 9.78 Å². The highest BCUT2D eigenvalue weighted by Crippen LogP contribution is 2.47. The zero-order valence-corrected chi connectivity index (χ0v) is 16.5. The number of halogens is 2. The molecule has 1 aliphatic rings. The molecule has 1 unspecified atom stereocenters. The molecule has 3 aromatic rings. The minimum Gasteiger partial charge on any atom is -0.493 e. The van der Waals surface area contributed by atoms with E-state index in [1.807, 2.05) is 0 Å².